The molecule has 1 heterocycles. The van der Waals surface area contributed by atoms with E-state index in [0.717, 1.165) is 5.69 Å². The minimum atomic E-state index is -1.44. The van der Waals surface area contributed by atoms with Crippen LogP contribution in [0.4, 0.5) is 0 Å². The van der Waals surface area contributed by atoms with Crippen LogP contribution in [0.3, 0.4) is 0 Å². The van der Waals surface area contributed by atoms with E-state index in [9.17, 15) is 0 Å². The molecular weight excluding hydrogens is 155 g/mol. The Kier molecular flexibility index (Phi) is 3.22. The Balaban J connectivity index is 2.71. The highest BCUT2D eigenvalue weighted by Crippen LogP contribution is 1.91. The van der Waals surface area contributed by atoms with Crippen LogP contribution in [0.5, 0.6) is 0 Å². The van der Waals surface area contributed by atoms with Crippen molar-refractivity contribution in [2.24, 2.45) is 5.73 Å². The van der Waals surface area contributed by atoms with Crippen molar-refractivity contribution in [3.05, 3.63) is 24.0 Å². The zero-order valence-corrected chi connectivity index (χ0v) is 6.64. The van der Waals surface area contributed by atoms with Crippen LogP contribution in [0.15, 0.2) is 18.3 Å². The number of hydrogen-bond acceptors (Lipinski definition) is 4. The molecule has 1 rings (SSSR count). The van der Waals surface area contributed by atoms with Crippen molar-refractivity contribution in [1.29, 1.82) is 0 Å². The van der Waals surface area contributed by atoms with Crippen molar-refractivity contribution in [2.45, 2.75) is 6.42 Å². The third kappa shape index (κ3) is 2.30. The van der Waals surface area contributed by atoms with Crippen molar-refractivity contribution in [3.63, 3.8) is 0 Å². The van der Waals surface area contributed by atoms with Crippen LogP contribution in [0.2, 0.25) is 0 Å². The van der Waals surface area contributed by atoms with Gasteiger partial charge in [-0.25, -0.2) is 0 Å². The minimum absolute atomic E-state index is 0.399. The molecule has 5 heteroatoms. The molecule has 0 unspecified atom stereocenters. The highest BCUT2D eigenvalue weighted by atomic mass is 16.4. The Hall–Kier alpha value is -0.905. The fraction of sp³-hybridized carbons (Fsp3) is 0.286. The lowest BCUT2D eigenvalue weighted by molar-refractivity contribution is 0.425. The van der Waals surface area contributed by atoms with Gasteiger partial charge in [-0.3, -0.25) is 4.98 Å². The van der Waals surface area contributed by atoms with Gasteiger partial charge in [0.25, 0.3) is 0 Å². The van der Waals surface area contributed by atoms with Crippen LogP contribution in [0.1, 0.15) is 5.69 Å². The third-order valence-electron chi connectivity index (χ3n) is 1.55. The first-order chi connectivity index (χ1) is 5.74. The molecule has 0 atom stereocenters. The van der Waals surface area contributed by atoms with Crippen molar-refractivity contribution >= 4 is 12.6 Å². The lowest BCUT2D eigenvalue weighted by atomic mass is 9.81. The molecule has 0 bridgehead atoms. The molecule has 0 amide bonds. The molecule has 4 N–H and O–H groups in total. The van der Waals surface area contributed by atoms with Gasteiger partial charge in [0.15, 0.2) is 0 Å². The van der Waals surface area contributed by atoms with E-state index >= 15 is 0 Å². The maximum Gasteiger partial charge on any atom is 0.490 e. The summed E-state index contributed by atoms with van der Waals surface area (Å²) in [6, 6.07) is 3.37. The summed E-state index contributed by atoms with van der Waals surface area (Å²) in [5.74, 6) is 0. The molecule has 0 aliphatic rings. The highest BCUT2D eigenvalue weighted by Gasteiger charge is 2.09. The molecule has 0 fully saturated rings. The second-order valence-electron chi connectivity index (χ2n) is 2.50. The summed E-state index contributed by atoms with van der Waals surface area (Å²) in [5.41, 5.74) is 6.58. The Labute approximate surface area is 71.2 Å². The quantitative estimate of drug-likeness (QED) is 0.466. The van der Waals surface area contributed by atoms with Crippen LogP contribution in [-0.2, 0) is 6.42 Å². The normalized spacial score (nSPS) is 9.92. The van der Waals surface area contributed by atoms with E-state index in [1.807, 2.05) is 0 Å². The Morgan fingerprint density at radius 2 is 2.17 bits per heavy atom. The van der Waals surface area contributed by atoms with Crippen LogP contribution >= 0.6 is 0 Å². The number of pyridine rings is 1. The summed E-state index contributed by atoms with van der Waals surface area (Å²) in [4.78, 5) is 3.99. The number of nitrogens with zero attached hydrogens (tertiary/aromatic N) is 1. The summed E-state index contributed by atoms with van der Waals surface area (Å²) in [6.07, 6.45) is 2.15. The summed E-state index contributed by atoms with van der Waals surface area (Å²) in [5, 5.41) is 17.5. The summed E-state index contributed by atoms with van der Waals surface area (Å²) in [7, 11) is -1.44. The van der Waals surface area contributed by atoms with Crippen molar-refractivity contribution < 1.29 is 10.0 Å². The zero-order valence-electron chi connectivity index (χ0n) is 6.64. The van der Waals surface area contributed by atoms with Gasteiger partial charge in [-0.15, -0.1) is 0 Å². The van der Waals surface area contributed by atoms with Gasteiger partial charge in [-0.05, 0) is 12.6 Å². The molecule has 0 aromatic carbocycles. The standard InChI is InChI=1S/C7H11BN2O2/c9-4-3-7-2-1-6(5-10-7)8(11)12/h1-2,5,11-12H,3-4,9H2. The molecule has 0 aliphatic heterocycles. The topological polar surface area (TPSA) is 79.4 Å². The molecular formula is C7H11BN2O2. The number of nitrogens with two attached hydrogens (primary N) is 1. The molecule has 64 valence electrons. The third-order valence-corrected chi connectivity index (χ3v) is 1.55. The lowest BCUT2D eigenvalue weighted by Gasteiger charge is -2.00. The van der Waals surface area contributed by atoms with E-state index in [2.05, 4.69) is 4.98 Å². The summed E-state index contributed by atoms with van der Waals surface area (Å²) < 4.78 is 0. The van der Waals surface area contributed by atoms with Crippen molar-refractivity contribution in [1.82, 2.24) is 4.98 Å². The molecule has 1 aromatic rings. The minimum Gasteiger partial charge on any atom is -0.423 e. The molecule has 0 saturated carbocycles. The molecule has 4 nitrogen and oxygen atoms in total. The Bertz CT molecular complexity index is 238. The molecule has 0 spiro atoms. The number of rotatable bonds is 3. The van der Waals surface area contributed by atoms with Crippen LogP contribution < -0.4 is 11.2 Å². The van der Waals surface area contributed by atoms with Crippen molar-refractivity contribution in [2.75, 3.05) is 6.54 Å². The number of aromatic nitrogens is 1. The van der Waals surface area contributed by atoms with Gasteiger partial charge in [0.2, 0.25) is 0 Å². The lowest BCUT2D eigenvalue weighted by Crippen LogP contribution is -2.30. The van der Waals surface area contributed by atoms with E-state index in [-0.39, 0.29) is 0 Å². The zero-order chi connectivity index (χ0) is 8.97. The largest absolute Gasteiger partial charge is 0.490 e. The van der Waals surface area contributed by atoms with E-state index < -0.39 is 7.12 Å². The molecule has 0 radical (unpaired) electrons. The second-order valence-corrected chi connectivity index (χ2v) is 2.50. The van der Waals surface area contributed by atoms with Gasteiger partial charge < -0.3 is 15.8 Å². The van der Waals surface area contributed by atoms with Gasteiger partial charge in [-0.1, -0.05) is 6.07 Å². The molecule has 0 aliphatic carbocycles. The molecule has 1 aromatic heterocycles. The van der Waals surface area contributed by atoms with E-state index in [1.165, 1.54) is 6.20 Å². The van der Waals surface area contributed by atoms with Crippen molar-refractivity contribution in [3.8, 4) is 0 Å². The molecule has 12 heavy (non-hydrogen) atoms. The van der Waals surface area contributed by atoms with Gasteiger partial charge >= 0.3 is 7.12 Å². The predicted octanol–water partition coefficient (Wildman–Crippen LogP) is -1.74. The average Bonchev–Trinajstić information content (AvgIpc) is 2.06. The fourth-order valence-electron chi connectivity index (χ4n) is 0.884. The van der Waals surface area contributed by atoms with Gasteiger partial charge in [-0.2, -0.15) is 0 Å². The van der Waals surface area contributed by atoms with E-state index in [4.69, 9.17) is 15.8 Å². The summed E-state index contributed by atoms with van der Waals surface area (Å²) >= 11 is 0. The van der Waals surface area contributed by atoms with Crippen LogP contribution in [0.25, 0.3) is 0 Å². The number of hydrogen-bond donors (Lipinski definition) is 3. The van der Waals surface area contributed by atoms with Gasteiger partial charge in [0.05, 0.1) is 0 Å². The first-order valence-corrected chi connectivity index (χ1v) is 3.75. The average molecular weight is 166 g/mol. The predicted molar refractivity (Wildman–Crippen MR) is 46.8 cm³/mol. The van der Waals surface area contributed by atoms with E-state index in [1.54, 1.807) is 12.1 Å². The molecule has 0 saturated heterocycles. The fourth-order valence-corrected chi connectivity index (χ4v) is 0.884. The highest BCUT2D eigenvalue weighted by molar-refractivity contribution is 6.58. The second kappa shape index (κ2) is 4.20. The van der Waals surface area contributed by atoms with Gasteiger partial charge in [0, 0.05) is 23.8 Å². The first kappa shape index (κ1) is 9.19. The van der Waals surface area contributed by atoms with Crippen LogP contribution in [0, 0.1) is 0 Å². The summed E-state index contributed by atoms with van der Waals surface area (Å²) in [6.45, 7) is 0.550. The SMILES string of the molecule is NCCc1ccc(B(O)O)cn1. The maximum atomic E-state index is 8.74. The Morgan fingerprint density at radius 1 is 1.42 bits per heavy atom. The monoisotopic (exact) mass is 166 g/mol. The first-order valence-electron chi connectivity index (χ1n) is 3.75. The smallest absolute Gasteiger partial charge is 0.423 e. The Morgan fingerprint density at radius 3 is 2.58 bits per heavy atom. The van der Waals surface area contributed by atoms with Gasteiger partial charge in [0.1, 0.15) is 0 Å². The maximum absolute atomic E-state index is 8.74. The van der Waals surface area contributed by atoms with E-state index in [0.29, 0.717) is 18.4 Å². The van der Waals surface area contributed by atoms with Crippen LogP contribution in [-0.4, -0.2) is 28.7 Å².